The molecule has 0 unspecified atom stereocenters. The zero-order chi connectivity index (χ0) is 15.4. The Kier molecular flexibility index (Phi) is 4.33. The zero-order valence-corrected chi connectivity index (χ0v) is 11.7. The van der Waals surface area contributed by atoms with Crippen LogP contribution in [0, 0.1) is 17.3 Å². The summed E-state index contributed by atoms with van der Waals surface area (Å²) in [6.45, 7) is 3.63. The maximum Gasteiger partial charge on any atom is 0.359 e. The van der Waals surface area contributed by atoms with Crippen LogP contribution in [0.3, 0.4) is 0 Å². The lowest BCUT2D eigenvalue weighted by molar-refractivity contribution is 0.0506. The summed E-state index contributed by atoms with van der Waals surface area (Å²) in [5.41, 5.74) is 1.17. The number of hydrogen-bond donors (Lipinski definition) is 0. The van der Waals surface area contributed by atoms with Crippen molar-refractivity contribution >= 4 is 5.97 Å². The third-order valence-corrected chi connectivity index (χ3v) is 3.16. The van der Waals surface area contributed by atoms with Gasteiger partial charge in [-0.2, -0.15) is 9.65 Å². The predicted molar refractivity (Wildman–Crippen MR) is 73.1 cm³/mol. The van der Waals surface area contributed by atoms with Crippen molar-refractivity contribution in [2.45, 2.75) is 19.9 Å². The van der Waals surface area contributed by atoms with E-state index in [4.69, 9.17) is 10.00 Å². The van der Waals surface area contributed by atoms with Gasteiger partial charge in [-0.05, 0) is 31.5 Å². The van der Waals surface area contributed by atoms with Gasteiger partial charge in [0.25, 0.3) is 0 Å². The molecule has 0 N–H and O–H groups in total. The number of nitriles is 1. The first kappa shape index (κ1) is 14.7. The summed E-state index contributed by atoms with van der Waals surface area (Å²) >= 11 is 0. The number of nitrogens with zero attached hydrogens (tertiary/aromatic N) is 3. The van der Waals surface area contributed by atoms with Crippen molar-refractivity contribution in [2.24, 2.45) is 0 Å². The molecule has 5 nitrogen and oxygen atoms in total. The summed E-state index contributed by atoms with van der Waals surface area (Å²) in [5.74, 6) is -1.60. The van der Waals surface area contributed by atoms with Crippen LogP contribution in [0.4, 0.5) is 4.39 Å². The van der Waals surface area contributed by atoms with Crippen LogP contribution in [-0.4, -0.2) is 22.1 Å². The number of imidazole rings is 1. The Balaban J connectivity index is 2.37. The number of carbonyl (C=O) groups is 1. The average Bonchev–Trinajstić information content (AvgIpc) is 2.88. The summed E-state index contributed by atoms with van der Waals surface area (Å²) in [5, 5.41) is 8.79. The van der Waals surface area contributed by atoms with Gasteiger partial charge in [0.1, 0.15) is 0 Å². The summed E-state index contributed by atoms with van der Waals surface area (Å²) in [6.07, 6.45) is 1.27. The van der Waals surface area contributed by atoms with Gasteiger partial charge < -0.3 is 9.30 Å². The molecule has 0 aliphatic carbocycles. The molecule has 0 saturated carbocycles. The Morgan fingerprint density at radius 2 is 2.14 bits per heavy atom. The highest BCUT2D eigenvalue weighted by Gasteiger charge is 2.23. The number of ether oxygens (including phenoxy) is 1. The lowest BCUT2D eigenvalue weighted by Crippen LogP contribution is -2.16. The quantitative estimate of drug-likeness (QED) is 0.811. The molecule has 21 heavy (non-hydrogen) atoms. The highest BCUT2D eigenvalue weighted by molar-refractivity contribution is 5.87. The van der Waals surface area contributed by atoms with Gasteiger partial charge in [-0.1, -0.05) is 12.1 Å². The molecule has 108 valence electrons. The Morgan fingerprint density at radius 1 is 1.48 bits per heavy atom. The summed E-state index contributed by atoms with van der Waals surface area (Å²) in [6, 6.07) is 8.58. The molecule has 1 heterocycles. The average molecular weight is 287 g/mol. The van der Waals surface area contributed by atoms with Gasteiger partial charge in [0.2, 0.25) is 5.95 Å². The van der Waals surface area contributed by atoms with E-state index in [-0.39, 0.29) is 18.3 Å². The van der Waals surface area contributed by atoms with E-state index in [0.29, 0.717) is 5.56 Å². The molecule has 2 aromatic rings. The van der Waals surface area contributed by atoms with E-state index in [1.54, 1.807) is 31.2 Å². The standard InChI is InChI=1S/C15H14FN3O2/c1-3-21-15(20)13-14(16)18-9-19(13)10(2)12-6-4-11(8-17)5-7-12/h4-7,9-10H,3H2,1-2H3/t10-/m1/s1. The van der Waals surface area contributed by atoms with Gasteiger partial charge in [0, 0.05) is 0 Å². The van der Waals surface area contributed by atoms with Crippen molar-refractivity contribution in [3.05, 3.63) is 53.4 Å². The topological polar surface area (TPSA) is 67.9 Å². The van der Waals surface area contributed by atoms with E-state index in [0.717, 1.165) is 5.56 Å². The molecule has 0 bridgehead atoms. The number of halogens is 1. The first-order chi connectivity index (χ1) is 10.1. The van der Waals surface area contributed by atoms with Crippen LogP contribution >= 0.6 is 0 Å². The predicted octanol–water partition coefficient (Wildman–Crippen LogP) is 2.68. The third kappa shape index (κ3) is 2.92. The molecule has 0 saturated heterocycles. The molecule has 0 radical (unpaired) electrons. The van der Waals surface area contributed by atoms with Crippen molar-refractivity contribution in [1.82, 2.24) is 9.55 Å². The minimum absolute atomic E-state index is 0.161. The fourth-order valence-electron chi connectivity index (χ4n) is 2.02. The number of rotatable bonds is 4. The van der Waals surface area contributed by atoms with Crippen molar-refractivity contribution in [3.8, 4) is 6.07 Å². The van der Waals surface area contributed by atoms with Gasteiger partial charge in [0.15, 0.2) is 5.69 Å². The minimum atomic E-state index is -0.853. The second-order valence-electron chi connectivity index (χ2n) is 4.42. The van der Waals surface area contributed by atoms with Gasteiger partial charge in [-0.25, -0.2) is 9.78 Å². The smallest absolute Gasteiger partial charge is 0.359 e. The molecular formula is C15H14FN3O2. The zero-order valence-electron chi connectivity index (χ0n) is 11.7. The van der Waals surface area contributed by atoms with Gasteiger partial charge >= 0.3 is 5.97 Å². The molecule has 0 fully saturated rings. The number of carbonyl (C=O) groups excluding carboxylic acids is 1. The van der Waals surface area contributed by atoms with Crippen LogP contribution in [0.5, 0.6) is 0 Å². The lowest BCUT2D eigenvalue weighted by Gasteiger charge is -2.16. The largest absolute Gasteiger partial charge is 0.461 e. The SMILES string of the molecule is CCOC(=O)c1c(F)ncn1[C@H](C)c1ccc(C#N)cc1. The van der Waals surface area contributed by atoms with Crippen LogP contribution in [0.1, 0.15) is 41.5 Å². The molecule has 1 atom stereocenters. The van der Waals surface area contributed by atoms with E-state index in [1.165, 1.54) is 10.9 Å². The summed E-state index contributed by atoms with van der Waals surface area (Å²) < 4.78 is 20.0. The summed E-state index contributed by atoms with van der Waals surface area (Å²) in [7, 11) is 0. The Morgan fingerprint density at radius 3 is 2.71 bits per heavy atom. The van der Waals surface area contributed by atoms with Crippen molar-refractivity contribution in [2.75, 3.05) is 6.61 Å². The third-order valence-electron chi connectivity index (χ3n) is 3.16. The minimum Gasteiger partial charge on any atom is -0.461 e. The van der Waals surface area contributed by atoms with Crippen LogP contribution in [0.25, 0.3) is 0 Å². The molecule has 1 aromatic carbocycles. The van der Waals surface area contributed by atoms with Crippen LogP contribution in [0.2, 0.25) is 0 Å². The van der Waals surface area contributed by atoms with E-state index in [1.807, 2.05) is 13.0 Å². The van der Waals surface area contributed by atoms with E-state index < -0.39 is 11.9 Å². The second-order valence-corrected chi connectivity index (χ2v) is 4.42. The molecular weight excluding hydrogens is 273 g/mol. The van der Waals surface area contributed by atoms with Crippen LogP contribution < -0.4 is 0 Å². The maximum absolute atomic E-state index is 13.7. The fraction of sp³-hybridized carbons (Fsp3) is 0.267. The van der Waals surface area contributed by atoms with Gasteiger partial charge in [-0.3, -0.25) is 0 Å². The number of aromatic nitrogens is 2. The molecule has 6 heteroatoms. The van der Waals surface area contributed by atoms with E-state index in [9.17, 15) is 9.18 Å². The van der Waals surface area contributed by atoms with Gasteiger partial charge in [0.05, 0.1) is 30.6 Å². The van der Waals surface area contributed by atoms with E-state index in [2.05, 4.69) is 4.98 Å². The number of benzene rings is 1. The van der Waals surface area contributed by atoms with Crippen molar-refractivity contribution in [3.63, 3.8) is 0 Å². The Hall–Kier alpha value is -2.68. The number of esters is 1. The molecule has 1 aromatic heterocycles. The Labute approximate surface area is 121 Å². The molecule has 0 aliphatic heterocycles. The number of hydrogen-bond acceptors (Lipinski definition) is 4. The highest BCUT2D eigenvalue weighted by atomic mass is 19.1. The molecule has 2 rings (SSSR count). The summed E-state index contributed by atoms with van der Waals surface area (Å²) in [4.78, 5) is 15.4. The van der Waals surface area contributed by atoms with Gasteiger partial charge in [-0.15, -0.1) is 0 Å². The second kappa shape index (κ2) is 6.18. The lowest BCUT2D eigenvalue weighted by atomic mass is 10.1. The van der Waals surface area contributed by atoms with Crippen LogP contribution in [0.15, 0.2) is 30.6 Å². The van der Waals surface area contributed by atoms with Crippen molar-refractivity contribution < 1.29 is 13.9 Å². The first-order valence-electron chi connectivity index (χ1n) is 6.48. The first-order valence-corrected chi connectivity index (χ1v) is 6.48. The molecule has 0 spiro atoms. The maximum atomic E-state index is 13.7. The molecule has 0 amide bonds. The monoisotopic (exact) mass is 287 g/mol. The Bertz CT molecular complexity index is 686. The highest BCUT2D eigenvalue weighted by Crippen LogP contribution is 2.22. The van der Waals surface area contributed by atoms with E-state index >= 15 is 0 Å². The van der Waals surface area contributed by atoms with Crippen molar-refractivity contribution in [1.29, 1.82) is 5.26 Å². The van der Waals surface area contributed by atoms with Crippen LogP contribution in [-0.2, 0) is 4.74 Å². The normalized spacial score (nSPS) is 11.7. The molecule has 0 aliphatic rings. The fourth-order valence-corrected chi connectivity index (χ4v) is 2.02.